The average Bonchev–Trinajstić information content (AvgIpc) is 2.89. The van der Waals surface area contributed by atoms with Gasteiger partial charge in [-0.1, -0.05) is 47.5 Å². The van der Waals surface area contributed by atoms with E-state index in [-0.39, 0.29) is 33.3 Å². The van der Waals surface area contributed by atoms with Crippen molar-refractivity contribution in [3.8, 4) is 22.6 Å². The predicted molar refractivity (Wildman–Crippen MR) is 144 cm³/mol. The van der Waals surface area contributed by atoms with Crippen LogP contribution >= 0.6 is 23.2 Å². The number of aromatic hydroxyl groups is 1. The fourth-order valence-electron chi connectivity index (χ4n) is 3.77. The summed E-state index contributed by atoms with van der Waals surface area (Å²) < 4.78 is 19.9. The van der Waals surface area contributed by atoms with E-state index < -0.39 is 11.9 Å². The molecule has 0 fully saturated rings. The Morgan fingerprint density at radius 1 is 1.08 bits per heavy atom. The van der Waals surface area contributed by atoms with E-state index in [1.807, 2.05) is 12.1 Å². The molecule has 1 heterocycles. The van der Waals surface area contributed by atoms with Gasteiger partial charge in [-0.2, -0.15) is 0 Å². The number of carbonyl (C=O) groups excluding carboxylic acids is 1. The van der Waals surface area contributed by atoms with Gasteiger partial charge in [-0.25, -0.2) is 9.37 Å². The molecule has 1 aromatic heterocycles. The number of ether oxygens (including phenoxy) is 1. The number of anilines is 1. The molecule has 0 bridgehead atoms. The number of nitrogens with two attached hydrogens (primary N) is 1. The van der Waals surface area contributed by atoms with Crippen molar-refractivity contribution in [2.45, 2.75) is 19.4 Å². The van der Waals surface area contributed by atoms with Crippen molar-refractivity contribution in [3.63, 3.8) is 0 Å². The third-order valence-corrected chi connectivity index (χ3v) is 6.50. The number of nitrogens with zero attached hydrogens (tertiary/aromatic N) is 1. The second kappa shape index (κ2) is 11.5. The summed E-state index contributed by atoms with van der Waals surface area (Å²) in [7, 11) is 0. The summed E-state index contributed by atoms with van der Waals surface area (Å²) in [5, 5.41) is 12.4. The third-order valence-electron chi connectivity index (χ3n) is 5.79. The van der Waals surface area contributed by atoms with Crippen LogP contribution in [0.3, 0.4) is 0 Å². The van der Waals surface area contributed by atoms with Crippen LogP contribution in [0.15, 0.2) is 72.9 Å². The Morgan fingerprint density at radius 2 is 1.78 bits per heavy atom. The molecule has 190 valence electrons. The number of phenols is 1. The molecule has 0 aliphatic heterocycles. The molecule has 3 aromatic carbocycles. The molecule has 9 heteroatoms. The Kier molecular flexibility index (Phi) is 8.16. The van der Waals surface area contributed by atoms with Crippen molar-refractivity contribution in [3.05, 3.63) is 105 Å². The standard InChI is InChI=1S/C28H24Cl2FN3O3/c1-16(25-22(29)10-11-23(31)26(25)30)37-24-14-20(15-34-27(24)32)18-4-6-19(7-5-18)28(36)33-13-12-17-2-8-21(35)9-3-17/h2-11,14-16,35H,12-13H2,1H3,(H2,32,34)(H,33,36). The van der Waals surface area contributed by atoms with Crippen molar-refractivity contribution in [1.82, 2.24) is 10.3 Å². The molecule has 4 rings (SSSR count). The third kappa shape index (κ3) is 6.31. The van der Waals surface area contributed by atoms with E-state index in [9.17, 15) is 14.3 Å². The quantitative estimate of drug-likeness (QED) is 0.219. The molecule has 0 saturated heterocycles. The summed E-state index contributed by atoms with van der Waals surface area (Å²) in [6, 6.07) is 18.2. The number of hydrogen-bond acceptors (Lipinski definition) is 5. The number of amides is 1. The van der Waals surface area contributed by atoms with Crippen LogP contribution in [0.4, 0.5) is 10.2 Å². The van der Waals surface area contributed by atoms with Crippen LogP contribution in [0.25, 0.3) is 11.1 Å². The second-order valence-corrected chi connectivity index (χ2v) is 9.16. The zero-order valence-corrected chi connectivity index (χ0v) is 21.4. The monoisotopic (exact) mass is 539 g/mol. The average molecular weight is 540 g/mol. The van der Waals surface area contributed by atoms with Gasteiger partial charge in [0.2, 0.25) is 0 Å². The Hall–Kier alpha value is -3.81. The maximum absolute atomic E-state index is 14.0. The lowest BCUT2D eigenvalue weighted by Crippen LogP contribution is -2.25. The van der Waals surface area contributed by atoms with E-state index in [0.29, 0.717) is 29.7 Å². The summed E-state index contributed by atoms with van der Waals surface area (Å²) in [5.41, 5.74) is 9.37. The first-order valence-corrected chi connectivity index (χ1v) is 12.2. The van der Waals surface area contributed by atoms with Gasteiger partial charge in [-0.3, -0.25) is 4.79 Å². The number of pyridine rings is 1. The van der Waals surface area contributed by atoms with Crippen molar-refractivity contribution < 1.29 is 19.0 Å². The van der Waals surface area contributed by atoms with E-state index in [1.54, 1.807) is 55.6 Å². The minimum atomic E-state index is -0.692. The summed E-state index contributed by atoms with van der Waals surface area (Å²) >= 11 is 12.3. The Balaban J connectivity index is 1.43. The number of nitrogen functional groups attached to an aromatic ring is 1. The van der Waals surface area contributed by atoms with Crippen LogP contribution < -0.4 is 15.8 Å². The second-order valence-electron chi connectivity index (χ2n) is 8.37. The van der Waals surface area contributed by atoms with Gasteiger partial charge in [0, 0.05) is 34.5 Å². The fraction of sp³-hybridized carbons (Fsp3) is 0.143. The van der Waals surface area contributed by atoms with Gasteiger partial charge < -0.3 is 20.9 Å². The Labute approximate surface area is 223 Å². The largest absolute Gasteiger partial charge is 0.508 e. The first-order valence-electron chi connectivity index (χ1n) is 11.4. The van der Waals surface area contributed by atoms with Gasteiger partial charge in [-0.05, 0) is 66.9 Å². The van der Waals surface area contributed by atoms with E-state index in [0.717, 1.165) is 11.1 Å². The van der Waals surface area contributed by atoms with E-state index in [4.69, 9.17) is 33.7 Å². The number of hydrogen-bond donors (Lipinski definition) is 3. The van der Waals surface area contributed by atoms with Crippen LogP contribution in [0.2, 0.25) is 10.0 Å². The first kappa shape index (κ1) is 26.3. The molecule has 1 amide bonds. The predicted octanol–water partition coefficient (Wildman–Crippen LogP) is 6.59. The molecule has 1 unspecified atom stereocenters. The molecule has 6 nitrogen and oxygen atoms in total. The highest BCUT2D eigenvalue weighted by molar-refractivity contribution is 6.36. The Morgan fingerprint density at radius 3 is 2.49 bits per heavy atom. The van der Waals surface area contributed by atoms with E-state index in [1.165, 1.54) is 12.1 Å². The minimum Gasteiger partial charge on any atom is -0.508 e. The lowest BCUT2D eigenvalue weighted by atomic mass is 10.0. The normalized spacial score (nSPS) is 11.7. The molecule has 0 radical (unpaired) electrons. The number of nitrogens with one attached hydrogen (secondary N) is 1. The summed E-state index contributed by atoms with van der Waals surface area (Å²) in [4.78, 5) is 16.7. The number of aromatic nitrogens is 1. The van der Waals surface area contributed by atoms with Crippen molar-refractivity contribution in [2.75, 3.05) is 12.3 Å². The van der Waals surface area contributed by atoms with E-state index in [2.05, 4.69) is 10.3 Å². The van der Waals surface area contributed by atoms with Gasteiger partial charge in [0.25, 0.3) is 5.91 Å². The van der Waals surface area contributed by atoms with Crippen molar-refractivity contribution >= 4 is 34.9 Å². The van der Waals surface area contributed by atoms with Gasteiger partial charge in [0.1, 0.15) is 17.7 Å². The summed E-state index contributed by atoms with van der Waals surface area (Å²) in [5.74, 6) is -0.137. The lowest BCUT2D eigenvalue weighted by molar-refractivity contribution is 0.0954. The van der Waals surface area contributed by atoms with Crippen LogP contribution in [-0.2, 0) is 6.42 Å². The summed E-state index contributed by atoms with van der Waals surface area (Å²) in [6.07, 6.45) is 1.55. The topological polar surface area (TPSA) is 97.5 Å². The van der Waals surface area contributed by atoms with Crippen molar-refractivity contribution in [1.29, 1.82) is 0 Å². The van der Waals surface area contributed by atoms with E-state index >= 15 is 0 Å². The van der Waals surface area contributed by atoms with Gasteiger partial charge >= 0.3 is 0 Å². The van der Waals surface area contributed by atoms with Gasteiger partial charge in [0.15, 0.2) is 11.6 Å². The highest BCUT2D eigenvalue weighted by Gasteiger charge is 2.20. The minimum absolute atomic E-state index is 0.111. The number of carbonyl (C=O) groups is 1. The molecular formula is C28H24Cl2FN3O3. The highest BCUT2D eigenvalue weighted by atomic mass is 35.5. The number of rotatable bonds is 8. The summed E-state index contributed by atoms with van der Waals surface area (Å²) in [6.45, 7) is 2.15. The zero-order valence-electron chi connectivity index (χ0n) is 19.8. The maximum Gasteiger partial charge on any atom is 0.251 e. The van der Waals surface area contributed by atoms with Gasteiger partial charge in [0.05, 0.1) is 5.02 Å². The highest BCUT2D eigenvalue weighted by Crippen LogP contribution is 2.37. The van der Waals surface area contributed by atoms with Crippen LogP contribution in [0.1, 0.15) is 34.5 Å². The van der Waals surface area contributed by atoms with Crippen LogP contribution in [0, 0.1) is 5.82 Å². The molecule has 0 aliphatic rings. The Bertz CT molecular complexity index is 1410. The molecule has 0 spiro atoms. The number of benzene rings is 3. The lowest BCUT2D eigenvalue weighted by Gasteiger charge is -2.19. The molecule has 4 N–H and O–H groups in total. The molecular weight excluding hydrogens is 516 g/mol. The maximum atomic E-state index is 14.0. The molecule has 37 heavy (non-hydrogen) atoms. The van der Waals surface area contributed by atoms with Gasteiger partial charge in [-0.15, -0.1) is 0 Å². The molecule has 0 aliphatic carbocycles. The first-order chi connectivity index (χ1) is 17.7. The molecule has 1 atom stereocenters. The van der Waals surface area contributed by atoms with Crippen LogP contribution in [-0.4, -0.2) is 22.5 Å². The molecule has 0 saturated carbocycles. The van der Waals surface area contributed by atoms with Crippen molar-refractivity contribution in [2.24, 2.45) is 0 Å². The smallest absolute Gasteiger partial charge is 0.251 e. The zero-order chi connectivity index (χ0) is 26.5. The number of phenolic OH excluding ortho intramolecular Hbond substituents is 1. The molecule has 4 aromatic rings. The SMILES string of the molecule is CC(Oc1cc(-c2ccc(C(=O)NCCc3ccc(O)cc3)cc2)cnc1N)c1c(Cl)ccc(F)c1Cl. The fourth-order valence-corrected chi connectivity index (χ4v) is 4.45. The van der Waals surface area contributed by atoms with Crippen LogP contribution in [0.5, 0.6) is 11.5 Å². The number of halogens is 3.